The molecule has 170 valence electrons. The van der Waals surface area contributed by atoms with E-state index in [1.165, 1.54) is 62.5 Å². The fraction of sp³-hybridized carbons (Fsp3) is 0.273. The molecule has 2 aromatic rings. The van der Waals surface area contributed by atoms with Crippen LogP contribution in [0.1, 0.15) is 17.2 Å². The van der Waals surface area contributed by atoms with Crippen molar-refractivity contribution < 1.29 is 33.0 Å². The van der Waals surface area contributed by atoms with Gasteiger partial charge in [-0.2, -0.15) is 0 Å². The molecule has 1 aliphatic heterocycles. The predicted molar refractivity (Wildman–Crippen MR) is 116 cm³/mol. The molecule has 3 rings (SSSR count). The summed E-state index contributed by atoms with van der Waals surface area (Å²) in [6.07, 6.45) is 0. The number of sulfonamides is 1. The number of methoxy groups -OCH3 is 1. The van der Waals surface area contributed by atoms with E-state index in [9.17, 15) is 28.2 Å². The van der Waals surface area contributed by atoms with Crippen LogP contribution in [-0.2, 0) is 24.3 Å². The summed E-state index contributed by atoms with van der Waals surface area (Å²) >= 11 is 0. The third-order valence-electron chi connectivity index (χ3n) is 5.19. The van der Waals surface area contributed by atoms with Gasteiger partial charge in [0.05, 0.1) is 23.1 Å². The molecule has 0 spiro atoms. The zero-order valence-electron chi connectivity index (χ0n) is 17.8. The number of benzene rings is 2. The standard InChI is InChI=1S/C22H24N2O7S/c1-23(2)32(29,30)17-10-6-15(7-11-17)20(26)18-19(14-4-8-16(25)9-5-14)24(12-13-31-3)22(28)21(18)27/h4-11,19,25-26H,12-13H2,1-3H3/t19-/m1/s1. The van der Waals surface area contributed by atoms with E-state index in [1.807, 2.05) is 0 Å². The van der Waals surface area contributed by atoms with Crippen LogP contribution < -0.4 is 0 Å². The topological polar surface area (TPSA) is 124 Å². The van der Waals surface area contributed by atoms with E-state index in [2.05, 4.69) is 0 Å². The molecule has 1 saturated heterocycles. The Kier molecular flexibility index (Phi) is 6.68. The minimum Gasteiger partial charge on any atom is -0.508 e. The molecule has 0 saturated carbocycles. The smallest absolute Gasteiger partial charge is 0.295 e. The highest BCUT2D eigenvalue weighted by molar-refractivity contribution is 7.89. The Bertz CT molecular complexity index is 1150. The number of ketones is 1. The SMILES string of the molecule is COCCN1C(=O)C(=O)C(=C(O)c2ccc(S(=O)(=O)N(C)C)cc2)[C@H]1c1ccc(O)cc1. The molecule has 2 aromatic carbocycles. The van der Waals surface area contributed by atoms with Gasteiger partial charge in [-0.15, -0.1) is 0 Å². The summed E-state index contributed by atoms with van der Waals surface area (Å²) in [4.78, 5) is 26.9. The van der Waals surface area contributed by atoms with E-state index in [1.54, 1.807) is 12.1 Å². The van der Waals surface area contributed by atoms with E-state index >= 15 is 0 Å². The van der Waals surface area contributed by atoms with Crippen LogP contribution in [0, 0.1) is 0 Å². The van der Waals surface area contributed by atoms with Gasteiger partial charge in [0.25, 0.3) is 11.7 Å². The van der Waals surface area contributed by atoms with Crippen molar-refractivity contribution >= 4 is 27.5 Å². The number of carbonyl (C=O) groups excluding carboxylic acids is 2. The number of aliphatic hydroxyl groups excluding tert-OH is 1. The normalized spacial score (nSPS) is 18.5. The molecule has 1 amide bonds. The van der Waals surface area contributed by atoms with Gasteiger partial charge in [-0.25, -0.2) is 12.7 Å². The Labute approximate surface area is 186 Å². The Balaban J connectivity index is 2.11. The molecule has 2 N–H and O–H groups in total. The zero-order valence-corrected chi connectivity index (χ0v) is 18.7. The fourth-order valence-corrected chi connectivity index (χ4v) is 4.36. The number of likely N-dealkylation sites (tertiary alicyclic amines) is 1. The fourth-order valence-electron chi connectivity index (χ4n) is 3.45. The summed E-state index contributed by atoms with van der Waals surface area (Å²) in [5.41, 5.74) is 0.586. The Morgan fingerprint density at radius 2 is 1.66 bits per heavy atom. The Hall–Kier alpha value is -3.21. The minimum absolute atomic E-state index is 0.0142. The summed E-state index contributed by atoms with van der Waals surface area (Å²) in [6.45, 7) is 0.294. The number of amides is 1. The molecule has 0 radical (unpaired) electrons. The Morgan fingerprint density at radius 3 is 2.19 bits per heavy atom. The minimum atomic E-state index is -3.67. The van der Waals surface area contributed by atoms with Gasteiger partial charge in [0.2, 0.25) is 10.0 Å². The first-order chi connectivity index (χ1) is 15.1. The number of hydrogen-bond acceptors (Lipinski definition) is 7. The number of carbonyl (C=O) groups is 2. The number of Topliss-reactive ketones (excluding diaryl/α,β-unsaturated/α-hetero) is 1. The van der Waals surface area contributed by atoms with E-state index in [-0.39, 0.29) is 34.9 Å². The van der Waals surface area contributed by atoms with Crippen LogP contribution in [0.4, 0.5) is 0 Å². The predicted octanol–water partition coefficient (Wildman–Crippen LogP) is 1.71. The zero-order chi connectivity index (χ0) is 23.6. The number of phenols is 1. The molecule has 32 heavy (non-hydrogen) atoms. The first-order valence-electron chi connectivity index (χ1n) is 9.68. The van der Waals surface area contributed by atoms with E-state index < -0.39 is 33.5 Å². The highest BCUT2D eigenvalue weighted by atomic mass is 32.2. The van der Waals surface area contributed by atoms with Gasteiger partial charge < -0.3 is 19.8 Å². The average molecular weight is 461 g/mol. The third kappa shape index (κ3) is 4.24. The monoisotopic (exact) mass is 460 g/mol. The van der Waals surface area contributed by atoms with Crippen molar-refractivity contribution in [2.24, 2.45) is 0 Å². The summed E-state index contributed by atoms with van der Waals surface area (Å²) < 4.78 is 30.7. The number of aromatic hydroxyl groups is 1. The highest BCUT2D eigenvalue weighted by Gasteiger charge is 2.45. The molecule has 1 atom stereocenters. The Morgan fingerprint density at radius 1 is 1.06 bits per heavy atom. The molecule has 10 heteroatoms. The second-order valence-corrected chi connectivity index (χ2v) is 9.54. The van der Waals surface area contributed by atoms with E-state index in [0.717, 1.165) is 4.31 Å². The molecule has 0 bridgehead atoms. The van der Waals surface area contributed by atoms with Crippen LogP contribution in [0.3, 0.4) is 0 Å². The van der Waals surface area contributed by atoms with Gasteiger partial charge in [0, 0.05) is 33.3 Å². The van der Waals surface area contributed by atoms with E-state index in [0.29, 0.717) is 5.56 Å². The average Bonchev–Trinajstić information content (AvgIpc) is 3.02. The van der Waals surface area contributed by atoms with Crippen LogP contribution in [0.15, 0.2) is 59.0 Å². The molecular formula is C22H24N2O7S. The molecule has 1 aliphatic rings. The van der Waals surface area contributed by atoms with Crippen LogP contribution >= 0.6 is 0 Å². The maximum Gasteiger partial charge on any atom is 0.295 e. The number of rotatable bonds is 7. The molecule has 1 heterocycles. The molecule has 0 unspecified atom stereocenters. The summed E-state index contributed by atoms with van der Waals surface area (Å²) in [7, 11) is 0.612. The van der Waals surface area contributed by atoms with Gasteiger partial charge in [0.1, 0.15) is 11.5 Å². The molecule has 0 aliphatic carbocycles. The van der Waals surface area contributed by atoms with Crippen molar-refractivity contribution in [3.8, 4) is 5.75 Å². The van der Waals surface area contributed by atoms with Gasteiger partial charge in [-0.05, 0) is 42.0 Å². The summed E-state index contributed by atoms with van der Waals surface area (Å²) in [5, 5.41) is 20.6. The van der Waals surface area contributed by atoms with Crippen molar-refractivity contribution in [3.05, 3.63) is 65.2 Å². The van der Waals surface area contributed by atoms with Crippen LogP contribution in [0.2, 0.25) is 0 Å². The second-order valence-electron chi connectivity index (χ2n) is 7.39. The van der Waals surface area contributed by atoms with Gasteiger partial charge >= 0.3 is 0 Å². The number of phenolic OH excluding ortho intramolecular Hbond substituents is 1. The maximum atomic E-state index is 12.9. The van der Waals surface area contributed by atoms with Crippen LogP contribution in [0.5, 0.6) is 5.75 Å². The van der Waals surface area contributed by atoms with Crippen molar-refractivity contribution in [3.63, 3.8) is 0 Å². The lowest BCUT2D eigenvalue weighted by Crippen LogP contribution is -2.32. The summed E-state index contributed by atoms with van der Waals surface area (Å²) in [6, 6.07) is 10.5. The van der Waals surface area contributed by atoms with Gasteiger partial charge in [0.15, 0.2) is 0 Å². The van der Waals surface area contributed by atoms with Gasteiger partial charge in [-0.3, -0.25) is 9.59 Å². The summed E-state index contributed by atoms with van der Waals surface area (Å²) in [5.74, 6) is -2.05. The van der Waals surface area contributed by atoms with Crippen molar-refractivity contribution in [2.45, 2.75) is 10.9 Å². The van der Waals surface area contributed by atoms with Crippen LogP contribution in [0.25, 0.3) is 5.76 Å². The first kappa shape index (κ1) is 23.5. The van der Waals surface area contributed by atoms with Crippen LogP contribution in [-0.4, -0.2) is 73.9 Å². The lowest BCUT2D eigenvalue weighted by atomic mass is 9.95. The quantitative estimate of drug-likeness (QED) is 0.366. The molecule has 0 aromatic heterocycles. The van der Waals surface area contributed by atoms with Crippen molar-refractivity contribution in [1.82, 2.24) is 9.21 Å². The second kappa shape index (κ2) is 9.11. The number of hydrogen-bond donors (Lipinski definition) is 2. The lowest BCUT2D eigenvalue weighted by Gasteiger charge is -2.25. The molecule has 9 nitrogen and oxygen atoms in total. The molecule has 1 fully saturated rings. The number of ether oxygens (including phenoxy) is 1. The number of nitrogens with zero attached hydrogens (tertiary/aromatic N) is 2. The molecular weight excluding hydrogens is 436 g/mol. The largest absolute Gasteiger partial charge is 0.508 e. The van der Waals surface area contributed by atoms with Crippen molar-refractivity contribution in [1.29, 1.82) is 0 Å². The number of aliphatic hydroxyl groups is 1. The van der Waals surface area contributed by atoms with Crippen molar-refractivity contribution in [2.75, 3.05) is 34.4 Å². The van der Waals surface area contributed by atoms with E-state index in [4.69, 9.17) is 4.74 Å². The van der Waals surface area contributed by atoms with Gasteiger partial charge in [-0.1, -0.05) is 12.1 Å². The maximum absolute atomic E-state index is 12.9. The first-order valence-corrected chi connectivity index (χ1v) is 11.1. The third-order valence-corrected chi connectivity index (χ3v) is 7.02. The highest BCUT2D eigenvalue weighted by Crippen LogP contribution is 2.39. The lowest BCUT2D eigenvalue weighted by molar-refractivity contribution is -0.140.